The van der Waals surface area contributed by atoms with Crippen LogP contribution in [0.2, 0.25) is 5.02 Å². The lowest BCUT2D eigenvalue weighted by Gasteiger charge is -2.16. The maximum atomic E-state index is 12.2. The fraction of sp³-hybridized carbons (Fsp3) is 0.286. The largest absolute Gasteiger partial charge is 0.382 e. The van der Waals surface area contributed by atoms with Crippen LogP contribution in [0.15, 0.2) is 49.2 Å². The first-order valence-electron chi connectivity index (χ1n) is 9.08. The highest BCUT2D eigenvalue weighted by atomic mass is 35.5. The summed E-state index contributed by atoms with van der Waals surface area (Å²) in [6.07, 6.45) is 4.92. The van der Waals surface area contributed by atoms with E-state index in [0.717, 1.165) is 18.9 Å². The normalized spacial score (nSPS) is 17.8. The molecule has 1 aliphatic rings. The van der Waals surface area contributed by atoms with Gasteiger partial charge >= 0.3 is 0 Å². The molecular formula is C21H23ClFN3O3. The van der Waals surface area contributed by atoms with Crippen LogP contribution in [0.25, 0.3) is 0 Å². The molecule has 2 aromatic rings. The number of halogens is 2. The van der Waals surface area contributed by atoms with Crippen molar-refractivity contribution in [3.05, 3.63) is 71.3 Å². The molecule has 2 heterocycles. The zero-order valence-electron chi connectivity index (χ0n) is 16.0. The third-order valence-electron chi connectivity index (χ3n) is 4.28. The topological polar surface area (TPSA) is 94.3 Å². The molecule has 1 fully saturated rings. The van der Waals surface area contributed by atoms with Gasteiger partial charge in [0.2, 0.25) is 0 Å². The van der Waals surface area contributed by atoms with Crippen LogP contribution in [0.3, 0.4) is 0 Å². The Morgan fingerprint density at radius 1 is 1.38 bits per heavy atom. The van der Waals surface area contributed by atoms with Crippen LogP contribution >= 0.6 is 11.6 Å². The van der Waals surface area contributed by atoms with Gasteiger partial charge in [-0.2, -0.15) is 0 Å². The molecule has 8 heteroatoms. The molecule has 2 atom stereocenters. The molecule has 0 aliphatic carbocycles. The van der Waals surface area contributed by atoms with E-state index in [1.165, 1.54) is 18.3 Å². The predicted molar refractivity (Wildman–Crippen MR) is 111 cm³/mol. The van der Waals surface area contributed by atoms with E-state index >= 15 is 0 Å². The molecule has 1 aromatic heterocycles. The van der Waals surface area contributed by atoms with Crippen molar-refractivity contribution in [2.45, 2.75) is 32.0 Å². The Labute approximate surface area is 173 Å². The number of pyridine rings is 1. The van der Waals surface area contributed by atoms with E-state index in [0.29, 0.717) is 12.2 Å². The van der Waals surface area contributed by atoms with Gasteiger partial charge in [0.15, 0.2) is 5.78 Å². The van der Waals surface area contributed by atoms with Crippen LogP contribution in [0.5, 0.6) is 0 Å². The SMILES string of the molecule is C=CC(=O)c1c(NCC2CCC(C)O2)ccnc1C(N)=O.Fc1ccccc1Cl. The number of nitrogens with two attached hydrogens (primary N) is 1. The first-order chi connectivity index (χ1) is 13.8. The van der Waals surface area contributed by atoms with Gasteiger partial charge in [-0.05, 0) is 44.0 Å². The molecule has 1 saturated heterocycles. The molecule has 0 saturated carbocycles. The first-order valence-corrected chi connectivity index (χ1v) is 9.46. The maximum absolute atomic E-state index is 12.2. The second kappa shape index (κ2) is 10.7. The standard InChI is InChI=1S/C15H19N3O3.C6H4ClF/c1-3-12(19)13-11(6-7-17-14(13)15(16)20)18-8-10-5-4-9(2)21-10;7-5-3-1-2-4-6(5)8/h3,6-7,9-10H,1,4-5,8H2,2H3,(H2,16,20)(H,17,18);1-4H. The molecule has 0 spiro atoms. The lowest BCUT2D eigenvalue weighted by atomic mass is 10.1. The first kappa shape index (κ1) is 22.5. The molecule has 3 rings (SSSR count). The van der Waals surface area contributed by atoms with Gasteiger partial charge in [-0.3, -0.25) is 14.6 Å². The predicted octanol–water partition coefficient (Wildman–Crippen LogP) is 4.01. The van der Waals surface area contributed by atoms with Crippen molar-refractivity contribution >= 4 is 29.0 Å². The van der Waals surface area contributed by atoms with Crippen LogP contribution in [0.1, 0.15) is 40.6 Å². The number of ketones is 1. The fourth-order valence-corrected chi connectivity index (χ4v) is 2.98. The van der Waals surface area contributed by atoms with Gasteiger partial charge in [0, 0.05) is 18.4 Å². The smallest absolute Gasteiger partial charge is 0.268 e. The number of nitrogens with one attached hydrogen (secondary N) is 1. The van der Waals surface area contributed by atoms with Crippen LogP contribution in [-0.4, -0.2) is 35.4 Å². The van der Waals surface area contributed by atoms with E-state index in [4.69, 9.17) is 22.1 Å². The minimum atomic E-state index is -0.741. The van der Waals surface area contributed by atoms with Crippen molar-refractivity contribution in [2.75, 3.05) is 11.9 Å². The lowest BCUT2D eigenvalue weighted by Crippen LogP contribution is -2.23. The highest BCUT2D eigenvalue weighted by molar-refractivity contribution is 6.30. The number of hydrogen-bond donors (Lipinski definition) is 2. The molecule has 1 aliphatic heterocycles. The third-order valence-corrected chi connectivity index (χ3v) is 4.59. The van der Waals surface area contributed by atoms with Gasteiger partial charge in [0.05, 0.1) is 22.8 Å². The molecule has 0 radical (unpaired) electrons. The summed E-state index contributed by atoms with van der Waals surface area (Å²) in [5, 5.41) is 3.32. The summed E-state index contributed by atoms with van der Waals surface area (Å²) in [4.78, 5) is 27.3. The average molecular weight is 420 g/mol. The summed E-state index contributed by atoms with van der Waals surface area (Å²) < 4.78 is 17.9. The summed E-state index contributed by atoms with van der Waals surface area (Å²) in [7, 11) is 0. The van der Waals surface area contributed by atoms with Gasteiger partial charge in [-0.25, -0.2) is 4.39 Å². The van der Waals surface area contributed by atoms with Gasteiger partial charge in [0.25, 0.3) is 5.91 Å². The Kier molecular flexibility index (Phi) is 8.30. The average Bonchev–Trinajstić information content (AvgIpc) is 3.13. The van der Waals surface area contributed by atoms with Crippen molar-refractivity contribution in [2.24, 2.45) is 5.73 Å². The molecule has 154 valence electrons. The number of ether oxygens (including phenoxy) is 1. The molecule has 29 heavy (non-hydrogen) atoms. The monoisotopic (exact) mass is 419 g/mol. The zero-order chi connectivity index (χ0) is 21.4. The summed E-state index contributed by atoms with van der Waals surface area (Å²) in [6, 6.07) is 7.76. The second-order valence-electron chi connectivity index (χ2n) is 6.46. The molecule has 6 nitrogen and oxygen atoms in total. The van der Waals surface area contributed by atoms with Crippen molar-refractivity contribution in [3.63, 3.8) is 0 Å². The molecular weight excluding hydrogens is 397 g/mol. The van der Waals surface area contributed by atoms with Crippen molar-refractivity contribution in [3.8, 4) is 0 Å². The Balaban J connectivity index is 0.000000313. The lowest BCUT2D eigenvalue weighted by molar-refractivity contribution is 0.0636. The van der Waals surface area contributed by atoms with Gasteiger partial charge in [-0.1, -0.05) is 30.3 Å². The Morgan fingerprint density at radius 2 is 2.10 bits per heavy atom. The van der Waals surface area contributed by atoms with Gasteiger partial charge in [-0.15, -0.1) is 0 Å². The third kappa shape index (κ3) is 6.37. The second-order valence-corrected chi connectivity index (χ2v) is 6.86. The molecule has 1 amide bonds. The number of nitrogens with zero attached hydrogens (tertiary/aromatic N) is 1. The number of carbonyl (C=O) groups is 2. The van der Waals surface area contributed by atoms with E-state index in [9.17, 15) is 14.0 Å². The quantitative estimate of drug-likeness (QED) is 0.545. The number of allylic oxidation sites excluding steroid dienone is 1. The maximum Gasteiger partial charge on any atom is 0.268 e. The minimum Gasteiger partial charge on any atom is -0.382 e. The van der Waals surface area contributed by atoms with Gasteiger partial charge < -0.3 is 15.8 Å². The number of hydrogen-bond acceptors (Lipinski definition) is 5. The summed E-state index contributed by atoms with van der Waals surface area (Å²) >= 11 is 5.33. The van der Waals surface area contributed by atoms with Crippen LogP contribution in [-0.2, 0) is 4.74 Å². The number of anilines is 1. The van der Waals surface area contributed by atoms with E-state index in [-0.39, 0.29) is 40.1 Å². The zero-order valence-corrected chi connectivity index (χ0v) is 16.8. The fourth-order valence-electron chi connectivity index (χ4n) is 2.85. The minimum absolute atomic E-state index is 0.0504. The number of rotatable bonds is 6. The van der Waals surface area contributed by atoms with Crippen molar-refractivity contribution in [1.29, 1.82) is 0 Å². The number of amides is 1. The number of carbonyl (C=O) groups excluding carboxylic acids is 2. The molecule has 3 N–H and O–H groups in total. The number of primary amides is 1. The van der Waals surface area contributed by atoms with E-state index < -0.39 is 5.91 Å². The van der Waals surface area contributed by atoms with Crippen molar-refractivity contribution in [1.82, 2.24) is 4.98 Å². The Hall–Kier alpha value is -2.77. The molecule has 2 unspecified atom stereocenters. The molecule has 1 aromatic carbocycles. The van der Waals surface area contributed by atoms with Gasteiger partial charge in [0.1, 0.15) is 11.5 Å². The summed E-state index contributed by atoms with van der Waals surface area (Å²) in [5.74, 6) is -1.50. The Morgan fingerprint density at radius 3 is 2.62 bits per heavy atom. The van der Waals surface area contributed by atoms with Crippen LogP contribution in [0.4, 0.5) is 10.1 Å². The van der Waals surface area contributed by atoms with E-state index in [1.54, 1.807) is 18.2 Å². The van der Waals surface area contributed by atoms with Crippen LogP contribution in [0, 0.1) is 5.82 Å². The highest BCUT2D eigenvalue weighted by Gasteiger charge is 2.23. The number of aromatic nitrogens is 1. The van der Waals surface area contributed by atoms with Crippen molar-refractivity contribution < 1.29 is 18.7 Å². The van der Waals surface area contributed by atoms with Crippen LogP contribution < -0.4 is 11.1 Å². The number of benzene rings is 1. The Bertz CT molecular complexity index is 870. The summed E-state index contributed by atoms with van der Waals surface area (Å²) in [5.41, 5.74) is 5.90. The molecule has 0 bridgehead atoms. The summed E-state index contributed by atoms with van der Waals surface area (Å²) in [6.45, 7) is 6.04. The van der Waals surface area contributed by atoms with E-state index in [2.05, 4.69) is 16.9 Å². The highest BCUT2D eigenvalue weighted by Crippen LogP contribution is 2.22. The van der Waals surface area contributed by atoms with E-state index in [1.807, 2.05) is 6.92 Å².